The molecule has 0 unspecified atom stereocenters. The summed E-state index contributed by atoms with van der Waals surface area (Å²) in [6.45, 7) is 0.178. The van der Waals surface area contributed by atoms with Crippen molar-refractivity contribution in [1.82, 2.24) is 0 Å². The van der Waals surface area contributed by atoms with Crippen LogP contribution in [0.4, 0.5) is 5.69 Å². The summed E-state index contributed by atoms with van der Waals surface area (Å²) < 4.78 is 5.15. The number of carbonyl (C=O) groups excluding carboxylic acids is 1. The van der Waals surface area contributed by atoms with E-state index in [1.807, 2.05) is 24.3 Å². The smallest absolute Gasteiger partial charge is 0.353 e. The Kier molecular flexibility index (Phi) is 1.36. The number of para-hydroxylation sites is 2. The number of fused-ring (bicyclic) bond motifs is 1. The van der Waals surface area contributed by atoms with Crippen molar-refractivity contribution in [2.75, 3.05) is 6.61 Å². The molecule has 0 radical (unpaired) electrons. The van der Waals surface area contributed by atoms with Crippen molar-refractivity contribution in [1.29, 1.82) is 0 Å². The van der Waals surface area contributed by atoms with Gasteiger partial charge in [-0.2, -0.15) is 0 Å². The minimum absolute atomic E-state index is 0.0312. The van der Waals surface area contributed by atoms with E-state index >= 15 is 0 Å². The van der Waals surface area contributed by atoms with E-state index in [0.29, 0.717) is 0 Å². The average Bonchev–Trinajstić information content (AvgIpc) is 2.04. The van der Waals surface area contributed by atoms with Crippen LogP contribution in [-0.2, 0) is 4.79 Å². The first-order valence-corrected chi connectivity index (χ1v) is 3.46. The summed E-state index contributed by atoms with van der Waals surface area (Å²) in [5.74, 6) is 0.829. The Hall–Kier alpha value is -1.35. The lowest BCUT2D eigenvalue weighted by molar-refractivity contribution is -0.490. The number of benzene rings is 1. The molecule has 0 bridgehead atoms. The Bertz CT molecular complexity index is 296. The SMILES string of the molecule is O=C1COc2ccccc2[NH2+]1. The van der Waals surface area contributed by atoms with Crippen LogP contribution in [0.2, 0.25) is 0 Å². The van der Waals surface area contributed by atoms with Crippen LogP contribution in [0.25, 0.3) is 0 Å². The van der Waals surface area contributed by atoms with Crippen molar-refractivity contribution in [2.45, 2.75) is 0 Å². The molecule has 3 nitrogen and oxygen atoms in total. The molecule has 2 N–H and O–H groups in total. The molecule has 0 saturated carbocycles. The number of amides is 1. The molecule has 1 aliphatic heterocycles. The van der Waals surface area contributed by atoms with E-state index in [1.165, 1.54) is 0 Å². The molecule has 1 heterocycles. The number of ether oxygens (including phenoxy) is 1. The van der Waals surface area contributed by atoms with E-state index in [-0.39, 0.29) is 12.5 Å². The summed E-state index contributed by atoms with van der Waals surface area (Å²) in [7, 11) is 0. The topological polar surface area (TPSA) is 42.9 Å². The number of hydrogen-bond acceptors (Lipinski definition) is 2. The Balaban J connectivity index is 2.41. The molecule has 2 rings (SSSR count). The van der Waals surface area contributed by atoms with Gasteiger partial charge in [-0.05, 0) is 6.07 Å². The summed E-state index contributed by atoms with van der Waals surface area (Å²) in [5, 5.41) is 1.61. The fourth-order valence-corrected chi connectivity index (χ4v) is 1.10. The molecule has 1 aliphatic rings. The monoisotopic (exact) mass is 150 g/mol. The Labute approximate surface area is 64.0 Å². The largest absolute Gasteiger partial charge is 0.473 e. The van der Waals surface area contributed by atoms with Crippen molar-refractivity contribution in [3.8, 4) is 5.75 Å². The van der Waals surface area contributed by atoms with Crippen molar-refractivity contribution in [3.05, 3.63) is 24.3 Å². The molecule has 0 aliphatic carbocycles. The van der Waals surface area contributed by atoms with E-state index in [4.69, 9.17) is 4.74 Å². The van der Waals surface area contributed by atoms with E-state index in [0.717, 1.165) is 11.4 Å². The molecule has 1 amide bonds. The van der Waals surface area contributed by atoms with Gasteiger partial charge in [0.2, 0.25) is 6.61 Å². The van der Waals surface area contributed by atoms with Gasteiger partial charge >= 0.3 is 5.91 Å². The summed E-state index contributed by atoms with van der Waals surface area (Å²) >= 11 is 0. The van der Waals surface area contributed by atoms with Crippen molar-refractivity contribution in [3.63, 3.8) is 0 Å². The third kappa shape index (κ3) is 1.10. The first-order valence-electron chi connectivity index (χ1n) is 3.46. The Morgan fingerprint density at radius 3 is 3.09 bits per heavy atom. The molecule has 11 heavy (non-hydrogen) atoms. The summed E-state index contributed by atoms with van der Waals surface area (Å²) in [5.41, 5.74) is 0.878. The highest BCUT2D eigenvalue weighted by atomic mass is 16.5. The Morgan fingerprint density at radius 2 is 2.18 bits per heavy atom. The van der Waals surface area contributed by atoms with E-state index < -0.39 is 0 Å². The highest BCUT2D eigenvalue weighted by Gasteiger charge is 2.19. The summed E-state index contributed by atoms with van der Waals surface area (Å²) in [6.07, 6.45) is 0. The highest BCUT2D eigenvalue weighted by Crippen LogP contribution is 2.20. The number of hydrogen-bond donors (Lipinski definition) is 1. The molecule has 56 valence electrons. The first-order chi connectivity index (χ1) is 5.36. The molecule has 0 atom stereocenters. The van der Waals surface area contributed by atoms with E-state index in [9.17, 15) is 4.79 Å². The molecule has 3 heteroatoms. The van der Waals surface area contributed by atoms with Crippen LogP contribution in [-0.4, -0.2) is 12.5 Å². The third-order valence-corrected chi connectivity index (χ3v) is 1.61. The molecule has 1 aromatic rings. The molecule has 0 saturated heterocycles. The fourth-order valence-electron chi connectivity index (χ4n) is 1.10. The second-order valence-corrected chi connectivity index (χ2v) is 2.44. The zero-order valence-corrected chi connectivity index (χ0v) is 5.91. The number of rotatable bonds is 0. The standard InChI is InChI=1S/C8H7NO2/c10-8-5-11-7-4-2-1-3-6(7)9-8/h1-4H,5H2,(H,9,10)/p+1. The first kappa shape index (κ1) is 6.37. The molecular formula is C8H8NO2+. The van der Waals surface area contributed by atoms with Crippen molar-refractivity contribution < 1.29 is 14.8 Å². The number of nitrogens with two attached hydrogens (primary N) is 1. The van der Waals surface area contributed by atoms with E-state index in [1.54, 1.807) is 5.32 Å². The zero-order chi connectivity index (χ0) is 7.68. The van der Waals surface area contributed by atoms with Gasteiger partial charge in [0.05, 0.1) is 0 Å². The van der Waals surface area contributed by atoms with Gasteiger partial charge in [0.25, 0.3) is 0 Å². The number of quaternary nitrogens is 1. The predicted molar refractivity (Wildman–Crippen MR) is 38.5 cm³/mol. The summed E-state index contributed by atoms with van der Waals surface area (Å²) in [4.78, 5) is 10.8. The second kappa shape index (κ2) is 2.36. The molecule has 1 aromatic carbocycles. The van der Waals surface area contributed by atoms with Gasteiger partial charge in [-0.1, -0.05) is 12.1 Å². The maximum atomic E-state index is 10.8. The van der Waals surface area contributed by atoms with E-state index in [2.05, 4.69) is 0 Å². The van der Waals surface area contributed by atoms with Crippen LogP contribution >= 0.6 is 0 Å². The summed E-state index contributed by atoms with van der Waals surface area (Å²) in [6, 6.07) is 7.50. The van der Waals surface area contributed by atoms with Crippen LogP contribution in [0, 0.1) is 0 Å². The second-order valence-electron chi connectivity index (χ2n) is 2.44. The minimum Gasteiger partial charge on any atom is -0.473 e. The maximum Gasteiger partial charge on any atom is 0.353 e. The number of primary amides is 1. The van der Waals surface area contributed by atoms with Gasteiger partial charge in [0.15, 0.2) is 11.4 Å². The van der Waals surface area contributed by atoms with Crippen LogP contribution in [0.15, 0.2) is 24.3 Å². The third-order valence-electron chi connectivity index (χ3n) is 1.61. The van der Waals surface area contributed by atoms with Gasteiger partial charge in [-0.25, -0.2) is 10.1 Å². The highest BCUT2D eigenvalue weighted by molar-refractivity contribution is 5.72. The van der Waals surface area contributed by atoms with Crippen LogP contribution in [0.1, 0.15) is 0 Å². The van der Waals surface area contributed by atoms with Crippen LogP contribution in [0.5, 0.6) is 5.75 Å². The fraction of sp³-hybridized carbons (Fsp3) is 0.125. The van der Waals surface area contributed by atoms with Gasteiger partial charge in [0, 0.05) is 6.07 Å². The lowest BCUT2D eigenvalue weighted by atomic mass is 10.2. The number of carbonyl (C=O) groups is 1. The van der Waals surface area contributed by atoms with Gasteiger partial charge in [-0.3, -0.25) is 0 Å². The van der Waals surface area contributed by atoms with Crippen LogP contribution in [0.3, 0.4) is 0 Å². The maximum absolute atomic E-state index is 10.8. The normalized spacial score (nSPS) is 15.5. The lowest BCUT2D eigenvalue weighted by Crippen LogP contribution is -2.85. The van der Waals surface area contributed by atoms with Crippen molar-refractivity contribution >= 4 is 11.6 Å². The lowest BCUT2D eigenvalue weighted by Gasteiger charge is -2.11. The zero-order valence-electron chi connectivity index (χ0n) is 5.91. The molecular weight excluding hydrogens is 142 g/mol. The van der Waals surface area contributed by atoms with Gasteiger partial charge in [0.1, 0.15) is 0 Å². The minimum atomic E-state index is 0.0312. The molecule has 0 fully saturated rings. The van der Waals surface area contributed by atoms with Gasteiger partial charge < -0.3 is 4.74 Å². The van der Waals surface area contributed by atoms with Gasteiger partial charge in [-0.15, -0.1) is 0 Å². The average molecular weight is 150 g/mol. The van der Waals surface area contributed by atoms with Crippen molar-refractivity contribution in [2.24, 2.45) is 0 Å². The Morgan fingerprint density at radius 1 is 1.36 bits per heavy atom. The molecule has 0 aromatic heterocycles. The predicted octanol–water partition coefficient (Wildman–Crippen LogP) is -0.200. The van der Waals surface area contributed by atoms with Crippen LogP contribution < -0.4 is 10.1 Å². The molecule has 0 spiro atoms. The quantitative estimate of drug-likeness (QED) is 0.520.